The van der Waals surface area contributed by atoms with Crippen molar-refractivity contribution in [3.8, 4) is 0 Å². The van der Waals surface area contributed by atoms with Crippen LogP contribution in [0.3, 0.4) is 0 Å². The van der Waals surface area contributed by atoms with E-state index in [2.05, 4.69) is 5.32 Å². The number of nitrogens with two attached hydrogens (primary N) is 1. The van der Waals surface area contributed by atoms with Crippen LogP contribution in [0, 0.1) is 5.92 Å². The van der Waals surface area contributed by atoms with E-state index in [4.69, 9.17) is 5.73 Å². The van der Waals surface area contributed by atoms with Crippen LogP contribution in [0.25, 0.3) is 0 Å². The van der Waals surface area contributed by atoms with Gasteiger partial charge < -0.3 is 16.0 Å². The second kappa shape index (κ2) is 7.49. The summed E-state index contributed by atoms with van der Waals surface area (Å²) < 4.78 is 0. The molecule has 1 atom stereocenters. The molecule has 1 aliphatic carbocycles. The summed E-state index contributed by atoms with van der Waals surface area (Å²) in [6.45, 7) is 0.464. The third-order valence-electron chi connectivity index (χ3n) is 4.55. The van der Waals surface area contributed by atoms with E-state index in [1.54, 1.807) is 36.2 Å². The lowest BCUT2D eigenvalue weighted by Gasteiger charge is -2.18. The zero-order chi connectivity index (χ0) is 17.8. The number of carbonyl (C=O) groups is 2. The first-order valence-electron chi connectivity index (χ1n) is 8.53. The first-order valence-corrected chi connectivity index (χ1v) is 8.53. The maximum atomic E-state index is 12.7. The molecule has 1 aliphatic rings. The average molecular weight is 337 g/mol. The van der Waals surface area contributed by atoms with Crippen LogP contribution in [0.2, 0.25) is 0 Å². The number of benzene rings is 2. The van der Waals surface area contributed by atoms with Crippen molar-refractivity contribution in [1.29, 1.82) is 0 Å². The molecule has 0 spiro atoms. The van der Waals surface area contributed by atoms with Gasteiger partial charge in [-0.2, -0.15) is 0 Å². The van der Waals surface area contributed by atoms with Gasteiger partial charge in [-0.3, -0.25) is 9.59 Å². The smallest absolute Gasteiger partial charge is 0.258 e. The number of nitrogens with one attached hydrogen (secondary N) is 1. The molecule has 1 fully saturated rings. The van der Waals surface area contributed by atoms with E-state index in [1.165, 1.54) is 0 Å². The Morgan fingerprint density at radius 3 is 2.48 bits per heavy atom. The van der Waals surface area contributed by atoms with Gasteiger partial charge in [0.1, 0.15) is 0 Å². The molecule has 2 aromatic carbocycles. The van der Waals surface area contributed by atoms with Crippen molar-refractivity contribution in [2.45, 2.75) is 18.9 Å². The number of anilines is 1. The number of nitrogens with zero attached hydrogens (tertiary/aromatic N) is 1. The second-order valence-electron chi connectivity index (χ2n) is 6.49. The van der Waals surface area contributed by atoms with Gasteiger partial charge in [0.05, 0.1) is 0 Å². The topological polar surface area (TPSA) is 75.4 Å². The Bertz CT molecular complexity index is 757. The Hall–Kier alpha value is -2.66. The molecule has 5 nitrogen and oxygen atoms in total. The summed E-state index contributed by atoms with van der Waals surface area (Å²) in [6.07, 6.45) is 2.29. The van der Waals surface area contributed by atoms with Crippen molar-refractivity contribution in [2.24, 2.45) is 11.7 Å². The number of hydrogen-bond acceptors (Lipinski definition) is 3. The maximum absolute atomic E-state index is 12.7. The summed E-state index contributed by atoms with van der Waals surface area (Å²) >= 11 is 0. The molecule has 1 unspecified atom stereocenters. The third-order valence-corrected chi connectivity index (χ3v) is 4.55. The lowest BCUT2D eigenvalue weighted by atomic mass is 10.1. The zero-order valence-corrected chi connectivity index (χ0v) is 14.3. The molecule has 0 radical (unpaired) electrons. The molecule has 25 heavy (non-hydrogen) atoms. The molecular weight excluding hydrogens is 314 g/mol. The summed E-state index contributed by atoms with van der Waals surface area (Å²) in [5, 5.41) is 2.86. The van der Waals surface area contributed by atoms with E-state index in [0.717, 1.165) is 18.5 Å². The van der Waals surface area contributed by atoms with Crippen LogP contribution in [0.5, 0.6) is 0 Å². The van der Waals surface area contributed by atoms with Gasteiger partial charge in [0.25, 0.3) is 11.8 Å². The highest BCUT2D eigenvalue weighted by Gasteiger charge is 2.28. The highest BCUT2D eigenvalue weighted by atomic mass is 16.2. The van der Waals surface area contributed by atoms with Gasteiger partial charge >= 0.3 is 0 Å². The number of para-hydroxylation sites is 1. The van der Waals surface area contributed by atoms with E-state index in [0.29, 0.717) is 23.6 Å². The van der Waals surface area contributed by atoms with Crippen LogP contribution in [0.1, 0.15) is 33.6 Å². The lowest BCUT2D eigenvalue weighted by Crippen LogP contribution is -2.38. The molecule has 3 N–H and O–H groups in total. The maximum Gasteiger partial charge on any atom is 0.258 e. The van der Waals surface area contributed by atoms with Crippen molar-refractivity contribution >= 4 is 17.5 Å². The highest BCUT2D eigenvalue weighted by Crippen LogP contribution is 2.31. The fourth-order valence-electron chi connectivity index (χ4n) is 2.76. The normalized spacial score (nSPS) is 14.6. The van der Waals surface area contributed by atoms with Crippen molar-refractivity contribution in [1.82, 2.24) is 5.32 Å². The van der Waals surface area contributed by atoms with Crippen molar-refractivity contribution in [3.63, 3.8) is 0 Å². The van der Waals surface area contributed by atoms with Gasteiger partial charge in [-0.15, -0.1) is 0 Å². The summed E-state index contributed by atoms with van der Waals surface area (Å²) in [7, 11) is 1.72. The van der Waals surface area contributed by atoms with Gasteiger partial charge in [-0.25, -0.2) is 0 Å². The minimum absolute atomic E-state index is 0.0120. The van der Waals surface area contributed by atoms with Crippen molar-refractivity contribution in [3.05, 3.63) is 65.7 Å². The quantitative estimate of drug-likeness (QED) is 0.850. The number of rotatable bonds is 6. The average Bonchev–Trinajstić information content (AvgIpc) is 3.50. The molecule has 0 aliphatic heterocycles. The van der Waals surface area contributed by atoms with Crippen LogP contribution >= 0.6 is 0 Å². The van der Waals surface area contributed by atoms with Crippen LogP contribution in [-0.4, -0.2) is 31.4 Å². The number of hydrogen-bond donors (Lipinski definition) is 2. The summed E-state index contributed by atoms with van der Waals surface area (Å²) in [5.41, 5.74) is 7.76. The molecule has 0 saturated heterocycles. The van der Waals surface area contributed by atoms with E-state index in [9.17, 15) is 9.59 Å². The predicted molar refractivity (Wildman–Crippen MR) is 98.7 cm³/mol. The fourth-order valence-corrected chi connectivity index (χ4v) is 2.76. The fraction of sp³-hybridized carbons (Fsp3) is 0.300. The standard InChI is InChI=1S/C20H23N3O2/c1-23(17-8-3-2-4-9-17)20(25)16-7-5-6-15(12-16)19(24)22-13-18(21)14-10-11-14/h2-9,12,14,18H,10-11,13,21H2,1H3,(H,22,24). The van der Waals surface area contributed by atoms with Gasteiger partial charge in [-0.1, -0.05) is 24.3 Å². The first-order chi connectivity index (χ1) is 12.1. The van der Waals surface area contributed by atoms with Crippen molar-refractivity contribution < 1.29 is 9.59 Å². The lowest BCUT2D eigenvalue weighted by molar-refractivity contribution is 0.0950. The third kappa shape index (κ3) is 4.25. The first kappa shape index (κ1) is 17.2. The van der Waals surface area contributed by atoms with Gasteiger partial charge in [0, 0.05) is 36.4 Å². The molecular formula is C20H23N3O2. The molecule has 130 valence electrons. The number of carbonyl (C=O) groups excluding carboxylic acids is 2. The van der Waals surface area contributed by atoms with Crippen LogP contribution in [0.15, 0.2) is 54.6 Å². The highest BCUT2D eigenvalue weighted by molar-refractivity contribution is 6.07. The summed E-state index contributed by atoms with van der Waals surface area (Å²) in [4.78, 5) is 26.5. The van der Waals surface area contributed by atoms with Gasteiger partial charge in [-0.05, 0) is 49.1 Å². The van der Waals surface area contributed by atoms with E-state index in [-0.39, 0.29) is 17.9 Å². The molecule has 0 heterocycles. The second-order valence-corrected chi connectivity index (χ2v) is 6.49. The van der Waals surface area contributed by atoms with E-state index < -0.39 is 0 Å². The monoisotopic (exact) mass is 337 g/mol. The Kier molecular flexibility index (Phi) is 5.14. The summed E-state index contributed by atoms with van der Waals surface area (Å²) in [6, 6.07) is 16.2. The van der Waals surface area contributed by atoms with Gasteiger partial charge in [0.2, 0.25) is 0 Å². The molecule has 5 heteroatoms. The zero-order valence-electron chi connectivity index (χ0n) is 14.3. The largest absolute Gasteiger partial charge is 0.350 e. The summed E-state index contributed by atoms with van der Waals surface area (Å²) in [5.74, 6) is 0.177. The molecule has 1 saturated carbocycles. The Balaban J connectivity index is 1.67. The van der Waals surface area contributed by atoms with Crippen LogP contribution in [0.4, 0.5) is 5.69 Å². The Morgan fingerprint density at radius 2 is 1.80 bits per heavy atom. The Labute approximate surface area is 147 Å². The molecule has 0 aromatic heterocycles. The SMILES string of the molecule is CN(C(=O)c1cccc(C(=O)NCC(N)C2CC2)c1)c1ccccc1. The van der Waals surface area contributed by atoms with Crippen LogP contribution in [-0.2, 0) is 0 Å². The molecule has 0 bridgehead atoms. The van der Waals surface area contributed by atoms with Gasteiger partial charge in [0.15, 0.2) is 0 Å². The van der Waals surface area contributed by atoms with E-state index >= 15 is 0 Å². The minimum Gasteiger partial charge on any atom is -0.350 e. The van der Waals surface area contributed by atoms with E-state index in [1.807, 2.05) is 30.3 Å². The molecule has 3 rings (SSSR count). The van der Waals surface area contributed by atoms with Crippen molar-refractivity contribution in [2.75, 3.05) is 18.5 Å². The minimum atomic E-state index is -0.201. The predicted octanol–water partition coefficient (Wildman–Crippen LogP) is 2.43. The molecule has 2 amide bonds. The van der Waals surface area contributed by atoms with Crippen LogP contribution < -0.4 is 16.0 Å². The Morgan fingerprint density at radius 1 is 1.12 bits per heavy atom. The number of amides is 2. The molecule has 2 aromatic rings.